The van der Waals surface area contributed by atoms with Gasteiger partial charge in [0.15, 0.2) is 0 Å². The van der Waals surface area contributed by atoms with Crippen LogP contribution >= 0.6 is 0 Å². The number of hydrogen-bond acceptors (Lipinski definition) is 3. The third-order valence-corrected chi connectivity index (χ3v) is 14.0. The van der Waals surface area contributed by atoms with Crippen molar-refractivity contribution in [2.45, 2.75) is 0 Å². The van der Waals surface area contributed by atoms with Crippen LogP contribution in [0.3, 0.4) is 0 Å². The molecule has 12 aromatic rings. The fourth-order valence-corrected chi connectivity index (χ4v) is 11.4. The van der Waals surface area contributed by atoms with Gasteiger partial charge in [-0.15, -0.1) is 0 Å². The molecule has 3 aliphatic rings. The predicted molar refractivity (Wildman–Crippen MR) is 266 cm³/mol. The van der Waals surface area contributed by atoms with Gasteiger partial charge in [-0.3, -0.25) is 0 Å². The predicted octanol–water partition coefficient (Wildman–Crippen LogP) is 14.4. The summed E-state index contributed by atoms with van der Waals surface area (Å²) >= 11 is 0. The molecule has 15 rings (SSSR count). The molecule has 3 heterocycles. The summed E-state index contributed by atoms with van der Waals surface area (Å²) in [4.78, 5) is 0. The van der Waals surface area contributed by atoms with Gasteiger partial charge in [0.25, 0.3) is 6.71 Å². The van der Waals surface area contributed by atoms with E-state index >= 15 is 0 Å². The summed E-state index contributed by atoms with van der Waals surface area (Å²) in [5.41, 5.74) is 9.74. The molecule has 0 amide bonds. The first-order valence-corrected chi connectivity index (χ1v) is 22.0. The van der Waals surface area contributed by atoms with E-state index in [0.717, 1.165) is 84.3 Å². The Morgan fingerprint density at radius 2 is 0.438 bits per heavy atom. The van der Waals surface area contributed by atoms with Gasteiger partial charge >= 0.3 is 0 Å². The Hall–Kier alpha value is -8.34. The number of ether oxygens (including phenoxy) is 3. The Labute approximate surface area is 368 Å². The summed E-state index contributed by atoms with van der Waals surface area (Å²) in [6, 6.07) is 72.4. The van der Waals surface area contributed by atoms with Crippen molar-refractivity contribution in [1.82, 2.24) is 0 Å². The van der Waals surface area contributed by atoms with Gasteiger partial charge in [-0.05, 0) is 153 Å². The molecule has 0 aliphatic carbocycles. The molecule has 0 spiro atoms. The number of rotatable bonds is 3. The minimum atomic E-state index is -0.161. The lowest BCUT2D eigenvalue weighted by Gasteiger charge is -2.38. The summed E-state index contributed by atoms with van der Waals surface area (Å²) < 4.78 is 21.8. The van der Waals surface area contributed by atoms with Gasteiger partial charge in [0.05, 0.1) is 0 Å². The molecular formula is C60H33BO3. The van der Waals surface area contributed by atoms with Crippen molar-refractivity contribution in [1.29, 1.82) is 0 Å². The van der Waals surface area contributed by atoms with Crippen molar-refractivity contribution >= 4 is 87.7 Å². The van der Waals surface area contributed by atoms with Crippen LogP contribution in [0.25, 0.3) is 98.0 Å². The van der Waals surface area contributed by atoms with Crippen LogP contribution in [0.1, 0.15) is 0 Å². The zero-order chi connectivity index (χ0) is 41.6. The lowest BCUT2D eigenvalue weighted by Crippen LogP contribution is -2.59. The third kappa shape index (κ3) is 4.72. The standard InChI is InChI=1S/C60H33BO3/c1-7-19-43-34(13-1)25-35-14-2-8-20-44(35)55(43)40-28-49-58-50(29-40)63-52-31-42(57-47-23-11-5-17-38(47)27-39-18-6-12-24-48(39)57)33-54-60(52)61(58)59-51(62-49)30-41(32-53(59)64-54)56-45-21-9-3-15-36(45)26-37-16-4-10-22-46(37)56/h1-33H. The van der Waals surface area contributed by atoms with Crippen LogP contribution in [0.15, 0.2) is 200 Å². The van der Waals surface area contributed by atoms with E-state index in [9.17, 15) is 0 Å². The van der Waals surface area contributed by atoms with E-state index < -0.39 is 0 Å². The topological polar surface area (TPSA) is 27.7 Å². The van der Waals surface area contributed by atoms with Gasteiger partial charge in [0.1, 0.15) is 34.5 Å². The molecule has 294 valence electrons. The lowest BCUT2D eigenvalue weighted by molar-refractivity contribution is 0.443. The summed E-state index contributed by atoms with van der Waals surface area (Å²) in [7, 11) is 0. The average Bonchev–Trinajstić information content (AvgIpc) is 3.33. The molecule has 3 aliphatic heterocycles. The molecule has 0 atom stereocenters. The molecule has 64 heavy (non-hydrogen) atoms. The van der Waals surface area contributed by atoms with Gasteiger partial charge < -0.3 is 14.2 Å². The highest BCUT2D eigenvalue weighted by Crippen LogP contribution is 2.50. The molecule has 0 bridgehead atoms. The van der Waals surface area contributed by atoms with Gasteiger partial charge in [0, 0.05) is 16.4 Å². The maximum absolute atomic E-state index is 7.25. The van der Waals surface area contributed by atoms with Crippen LogP contribution in [0.2, 0.25) is 0 Å². The second kappa shape index (κ2) is 12.6. The molecule has 0 N–H and O–H groups in total. The minimum Gasteiger partial charge on any atom is -0.458 e. The average molecular weight is 813 g/mol. The number of benzene rings is 12. The molecule has 0 saturated heterocycles. The molecule has 12 aromatic carbocycles. The molecule has 0 unspecified atom stereocenters. The zero-order valence-electron chi connectivity index (χ0n) is 34.4. The Kier molecular flexibility index (Phi) is 6.76. The summed E-state index contributed by atoms with van der Waals surface area (Å²) in [5.74, 6) is 4.81. The molecule has 0 fully saturated rings. The van der Waals surface area contributed by atoms with E-state index in [1.54, 1.807) is 0 Å². The van der Waals surface area contributed by atoms with Gasteiger partial charge in [-0.25, -0.2) is 0 Å². The fourth-order valence-electron chi connectivity index (χ4n) is 11.4. The second-order valence-corrected chi connectivity index (χ2v) is 17.5. The smallest absolute Gasteiger partial charge is 0.270 e. The third-order valence-electron chi connectivity index (χ3n) is 14.0. The van der Waals surface area contributed by atoms with E-state index in [1.165, 1.54) is 64.6 Å². The second-order valence-electron chi connectivity index (χ2n) is 17.5. The normalized spacial score (nSPS) is 13.0. The number of hydrogen-bond donors (Lipinski definition) is 0. The first kappa shape index (κ1) is 34.3. The minimum absolute atomic E-state index is 0.161. The Bertz CT molecular complexity index is 3420. The lowest BCUT2D eigenvalue weighted by atomic mass is 9.33. The van der Waals surface area contributed by atoms with Gasteiger partial charge in [0.2, 0.25) is 0 Å². The summed E-state index contributed by atoms with van der Waals surface area (Å²) in [6.07, 6.45) is 0. The van der Waals surface area contributed by atoms with E-state index in [0.29, 0.717) is 0 Å². The highest BCUT2D eigenvalue weighted by Gasteiger charge is 2.47. The maximum atomic E-state index is 7.25. The first-order valence-electron chi connectivity index (χ1n) is 22.0. The molecule has 3 nitrogen and oxygen atoms in total. The SMILES string of the molecule is c1ccc2c(-c3cc4c5c(c3)Oc3cc(-c6c7ccccc7cc7ccccc67)cc6c3B5c3c(cc(-c5c7ccccc7cc7ccccc57)cc3O6)O4)c3ccccc3cc2c1. The van der Waals surface area contributed by atoms with Crippen molar-refractivity contribution in [3.8, 4) is 67.9 Å². The highest BCUT2D eigenvalue weighted by atomic mass is 16.5. The van der Waals surface area contributed by atoms with Gasteiger partial charge in [-0.1, -0.05) is 146 Å². The molecular weight excluding hydrogens is 779 g/mol. The summed E-state index contributed by atoms with van der Waals surface area (Å²) in [6.45, 7) is -0.161. The van der Waals surface area contributed by atoms with Crippen LogP contribution in [0.5, 0.6) is 34.5 Å². The van der Waals surface area contributed by atoms with Crippen LogP contribution in [-0.4, -0.2) is 6.71 Å². The first-order chi connectivity index (χ1) is 31.7. The van der Waals surface area contributed by atoms with Crippen molar-refractivity contribution < 1.29 is 14.2 Å². The van der Waals surface area contributed by atoms with Crippen molar-refractivity contribution in [2.75, 3.05) is 0 Å². The Balaban J connectivity index is 1.04. The maximum Gasteiger partial charge on any atom is 0.270 e. The van der Waals surface area contributed by atoms with Crippen molar-refractivity contribution in [2.24, 2.45) is 0 Å². The quantitative estimate of drug-likeness (QED) is 0.131. The molecule has 4 heteroatoms. The highest BCUT2D eigenvalue weighted by molar-refractivity contribution is 6.99. The Morgan fingerprint density at radius 3 is 0.656 bits per heavy atom. The van der Waals surface area contributed by atoms with E-state index in [2.05, 4.69) is 200 Å². The van der Waals surface area contributed by atoms with E-state index in [4.69, 9.17) is 14.2 Å². The summed E-state index contributed by atoms with van der Waals surface area (Å²) in [5, 5.41) is 14.3. The molecule has 0 aromatic heterocycles. The van der Waals surface area contributed by atoms with Crippen LogP contribution in [-0.2, 0) is 0 Å². The fraction of sp³-hybridized carbons (Fsp3) is 0. The largest absolute Gasteiger partial charge is 0.458 e. The number of fused-ring (bicyclic) bond motifs is 6. The van der Waals surface area contributed by atoms with Crippen LogP contribution in [0, 0.1) is 0 Å². The van der Waals surface area contributed by atoms with Crippen LogP contribution in [0.4, 0.5) is 0 Å². The van der Waals surface area contributed by atoms with Crippen molar-refractivity contribution in [3.63, 3.8) is 0 Å². The molecule has 0 radical (unpaired) electrons. The Morgan fingerprint density at radius 1 is 0.234 bits per heavy atom. The monoisotopic (exact) mass is 812 g/mol. The molecule has 0 saturated carbocycles. The van der Waals surface area contributed by atoms with Crippen LogP contribution < -0.4 is 30.6 Å². The van der Waals surface area contributed by atoms with E-state index in [1.807, 2.05) is 0 Å². The van der Waals surface area contributed by atoms with Gasteiger partial charge in [-0.2, -0.15) is 0 Å². The zero-order valence-corrected chi connectivity index (χ0v) is 34.4. The van der Waals surface area contributed by atoms with E-state index in [-0.39, 0.29) is 6.71 Å². The van der Waals surface area contributed by atoms with Crippen molar-refractivity contribution in [3.05, 3.63) is 200 Å².